The van der Waals surface area contributed by atoms with E-state index in [9.17, 15) is 24.0 Å². The van der Waals surface area contributed by atoms with Crippen molar-refractivity contribution in [3.63, 3.8) is 0 Å². The van der Waals surface area contributed by atoms with Crippen molar-refractivity contribution < 1.29 is 24.0 Å². The number of carbonyl (C=O) groups excluding carboxylic acids is 5. The number of guanidine groups is 1. The van der Waals surface area contributed by atoms with Crippen LogP contribution in [0.3, 0.4) is 0 Å². The summed E-state index contributed by atoms with van der Waals surface area (Å²) < 4.78 is 0. The molecule has 47 heavy (non-hydrogen) atoms. The third kappa shape index (κ3) is 13.7. The number of amides is 5. The van der Waals surface area contributed by atoms with Gasteiger partial charge in [0.15, 0.2) is 0 Å². The first-order valence-electron chi connectivity index (χ1n) is 15.8. The van der Waals surface area contributed by atoms with Crippen LogP contribution in [0, 0.1) is 5.92 Å². The first-order valence-corrected chi connectivity index (χ1v) is 15.8. The fraction of sp³-hybridized carbons (Fsp3) is 0.515. The maximum atomic E-state index is 13.7. The number of hydrogen-bond donors (Lipinski definition) is 8. The minimum Gasteiger partial charge on any atom is -0.355 e. The maximum absolute atomic E-state index is 13.7. The van der Waals surface area contributed by atoms with Gasteiger partial charge in [0.2, 0.25) is 35.5 Å². The van der Waals surface area contributed by atoms with E-state index in [1.165, 1.54) is 12.2 Å². The van der Waals surface area contributed by atoms with Gasteiger partial charge in [-0.05, 0) is 38.2 Å². The zero-order chi connectivity index (χ0) is 35.4. The van der Waals surface area contributed by atoms with Crippen LogP contribution in [0.2, 0.25) is 0 Å². The van der Waals surface area contributed by atoms with Gasteiger partial charge < -0.3 is 31.9 Å². The van der Waals surface area contributed by atoms with E-state index in [0.29, 0.717) is 24.5 Å². The summed E-state index contributed by atoms with van der Waals surface area (Å²) in [5.41, 5.74) is 4.80. The molecule has 5 amide bonds. The van der Waals surface area contributed by atoms with Gasteiger partial charge >= 0.3 is 0 Å². The Labute approximate surface area is 278 Å². The summed E-state index contributed by atoms with van der Waals surface area (Å²) in [6, 6.07) is 5.65. The van der Waals surface area contributed by atoms with Crippen molar-refractivity contribution in [2.24, 2.45) is 10.9 Å². The van der Waals surface area contributed by atoms with Crippen LogP contribution in [0.25, 0.3) is 0 Å². The predicted octanol–water partition coefficient (Wildman–Crippen LogP) is 0.712. The summed E-state index contributed by atoms with van der Waals surface area (Å²) in [6.45, 7) is 14.7. The lowest BCUT2D eigenvalue weighted by Gasteiger charge is -2.32. The molecule has 0 spiro atoms. The number of nitrogens with one attached hydrogen (secondary N) is 8. The number of benzene rings is 1. The van der Waals surface area contributed by atoms with Crippen molar-refractivity contribution in [2.75, 3.05) is 27.2 Å². The van der Waals surface area contributed by atoms with E-state index in [1.54, 1.807) is 72.1 Å². The van der Waals surface area contributed by atoms with Crippen LogP contribution in [-0.4, -0.2) is 80.3 Å². The van der Waals surface area contributed by atoms with Gasteiger partial charge in [-0.3, -0.25) is 34.4 Å². The lowest BCUT2D eigenvalue weighted by molar-refractivity contribution is -0.137. The summed E-state index contributed by atoms with van der Waals surface area (Å²) in [5, 5.41) is 16.8. The van der Waals surface area contributed by atoms with Crippen LogP contribution in [0.4, 0.5) is 0 Å². The zero-order valence-corrected chi connectivity index (χ0v) is 28.5. The molecule has 0 aliphatic heterocycles. The third-order valence-electron chi connectivity index (χ3n) is 7.17. The molecule has 0 radical (unpaired) electrons. The van der Waals surface area contributed by atoms with Crippen LogP contribution in [0.15, 0.2) is 60.6 Å². The molecule has 8 N–H and O–H groups in total. The summed E-state index contributed by atoms with van der Waals surface area (Å²) in [4.78, 5) is 70.4. The van der Waals surface area contributed by atoms with Gasteiger partial charge in [-0.25, -0.2) is 5.43 Å². The van der Waals surface area contributed by atoms with E-state index in [1.807, 2.05) is 0 Å². The van der Waals surface area contributed by atoms with Crippen molar-refractivity contribution in [1.29, 1.82) is 0 Å². The zero-order valence-electron chi connectivity index (χ0n) is 28.5. The van der Waals surface area contributed by atoms with E-state index in [4.69, 9.17) is 0 Å². The molecule has 260 valence electrons. The number of nitrogens with zero attached hydrogens (tertiary/aromatic N) is 1. The second-order valence-corrected chi connectivity index (χ2v) is 11.4. The third-order valence-corrected chi connectivity index (χ3v) is 7.17. The number of rotatable bonds is 20. The SMILES string of the molecule is C=CCNC(=O)C(NC(=O)C(CC)NC(=O)C(CCCNC(=NC)NNC)NC(=O)C(C)(CC=C)NC(=O)C(C)C)c1ccccc1. The average molecular weight is 656 g/mol. The Kier molecular flexibility index (Phi) is 18.1. The molecule has 0 aliphatic carbocycles. The Morgan fingerprint density at radius 1 is 0.894 bits per heavy atom. The molecule has 4 atom stereocenters. The van der Waals surface area contributed by atoms with E-state index in [-0.39, 0.29) is 37.6 Å². The number of aliphatic imine (C=N–C) groups is 1. The fourth-order valence-electron chi connectivity index (χ4n) is 4.39. The van der Waals surface area contributed by atoms with Crippen LogP contribution < -0.4 is 42.8 Å². The highest BCUT2D eigenvalue weighted by Gasteiger charge is 2.37. The van der Waals surface area contributed by atoms with E-state index >= 15 is 0 Å². The molecular formula is C33H53N9O5. The quantitative estimate of drug-likeness (QED) is 0.0331. The highest BCUT2D eigenvalue weighted by molar-refractivity contribution is 5.97. The number of carbonyl (C=O) groups is 5. The van der Waals surface area contributed by atoms with Crippen molar-refractivity contribution in [1.82, 2.24) is 42.8 Å². The highest BCUT2D eigenvalue weighted by Crippen LogP contribution is 2.15. The summed E-state index contributed by atoms with van der Waals surface area (Å²) in [7, 11) is 3.30. The topological polar surface area (TPSA) is 194 Å². The molecule has 0 heterocycles. The molecular weight excluding hydrogens is 602 g/mol. The summed E-state index contributed by atoms with van der Waals surface area (Å²) >= 11 is 0. The summed E-state index contributed by atoms with van der Waals surface area (Å²) in [5.74, 6) is -2.39. The normalized spacial score (nSPS) is 14.3. The molecule has 0 fully saturated rings. The standard InChI is InChI=1S/C33H53N9O5/c1-9-19-33(6,41-27(43)22(4)5)31(47)39-25(18-15-21-37-32(34-7)42-35-8)29(45)38-24(11-3)28(44)40-26(30(46)36-20-10-2)23-16-13-12-14-17-23/h9-10,12-14,16-17,22,24-26,35H,1-2,11,15,18-21H2,3-8H3,(H,36,46)(H,38,45)(H,39,47)(H,40,44)(H,41,43)(H2,34,37,42). The van der Waals surface area contributed by atoms with E-state index < -0.39 is 47.3 Å². The number of hydrazine groups is 1. The molecule has 1 aromatic rings. The Bertz CT molecular complexity index is 1240. The van der Waals surface area contributed by atoms with Gasteiger partial charge in [0.25, 0.3) is 0 Å². The van der Waals surface area contributed by atoms with Crippen molar-refractivity contribution in [3.05, 3.63) is 61.2 Å². The Hall–Kier alpha value is -4.72. The molecule has 14 nitrogen and oxygen atoms in total. The fourth-order valence-corrected chi connectivity index (χ4v) is 4.39. The minimum absolute atomic E-state index is 0.119. The van der Waals surface area contributed by atoms with Gasteiger partial charge in [-0.15, -0.1) is 13.2 Å². The average Bonchev–Trinajstić information content (AvgIpc) is 3.05. The van der Waals surface area contributed by atoms with E-state index in [0.717, 1.165) is 0 Å². The van der Waals surface area contributed by atoms with Crippen LogP contribution in [-0.2, 0) is 24.0 Å². The molecule has 0 bridgehead atoms. The summed E-state index contributed by atoms with van der Waals surface area (Å²) in [6.07, 6.45) is 4.00. The van der Waals surface area contributed by atoms with Crippen LogP contribution in [0.5, 0.6) is 0 Å². The molecule has 1 aromatic carbocycles. The van der Waals surface area contributed by atoms with Crippen molar-refractivity contribution in [3.8, 4) is 0 Å². The van der Waals surface area contributed by atoms with Gasteiger partial charge in [0.1, 0.15) is 23.7 Å². The van der Waals surface area contributed by atoms with Crippen molar-refractivity contribution >= 4 is 35.5 Å². The maximum Gasteiger partial charge on any atom is 0.247 e. The molecule has 0 saturated carbocycles. The Morgan fingerprint density at radius 2 is 1.55 bits per heavy atom. The van der Waals surface area contributed by atoms with Crippen LogP contribution >= 0.6 is 0 Å². The largest absolute Gasteiger partial charge is 0.355 e. The molecule has 1 rings (SSSR count). The van der Waals surface area contributed by atoms with Gasteiger partial charge in [0, 0.05) is 33.1 Å². The molecule has 14 heteroatoms. The molecule has 0 saturated heterocycles. The predicted molar refractivity (Wildman–Crippen MR) is 184 cm³/mol. The lowest BCUT2D eigenvalue weighted by atomic mass is 9.94. The second kappa shape index (κ2) is 21.1. The molecule has 0 aromatic heterocycles. The minimum atomic E-state index is -1.37. The molecule has 0 aliphatic rings. The van der Waals surface area contributed by atoms with Crippen LogP contribution in [0.1, 0.15) is 65.0 Å². The molecule has 4 unspecified atom stereocenters. The lowest BCUT2D eigenvalue weighted by Crippen LogP contribution is -2.61. The number of hydrogen-bond acceptors (Lipinski definition) is 7. The first-order chi connectivity index (χ1) is 22.4. The first kappa shape index (κ1) is 40.3. The van der Waals surface area contributed by atoms with Gasteiger partial charge in [-0.2, -0.15) is 0 Å². The smallest absolute Gasteiger partial charge is 0.247 e. The van der Waals surface area contributed by atoms with Gasteiger partial charge in [-0.1, -0.05) is 63.3 Å². The Balaban J connectivity index is 3.23. The van der Waals surface area contributed by atoms with Crippen molar-refractivity contribution in [2.45, 2.75) is 77.0 Å². The second-order valence-electron chi connectivity index (χ2n) is 11.4. The Morgan fingerprint density at radius 3 is 2.11 bits per heavy atom. The van der Waals surface area contributed by atoms with Gasteiger partial charge in [0.05, 0.1) is 0 Å². The van der Waals surface area contributed by atoms with E-state index in [2.05, 4.69) is 60.9 Å². The monoisotopic (exact) mass is 655 g/mol. The highest BCUT2D eigenvalue weighted by atomic mass is 16.2.